The van der Waals surface area contributed by atoms with E-state index in [1.165, 1.54) is 6.07 Å². The lowest BCUT2D eigenvalue weighted by Crippen LogP contribution is -2.44. The Bertz CT molecular complexity index is 792. The third-order valence-corrected chi connectivity index (χ3v) is 4.65. The topological polar surface area (TPSA) is 71.3 Å². The normalized spacial score (nSPS) is 19.4. The lowest BCUT2D eigenvalue weighted by atomic mass is 9.87. The van der Waals surface area contributed by atoms with Gasteiger partial charge in [-0.15, -0.1) is 0 Å². The van der Waals surface area contributed by atoms with Gasteiger partial charge in [-0.25, -0.2) is 8.78 Å². The van der Waals surface area contributed by atoms with Crippen LogP contribution < -0.4 is 10.6 Å². The third kappa shape index (κ3) is 4.47. The minimum atomic E-state index is -0.692. The Kier molecular flexibility index (Phi) is 5.35. The summed E-state index contributed by atoms with van der Waals surface area (Å²) in [6.45, 7) is -0.0114. The summed E-state index contributed by atoms with van der Waals surface area (Å²) in [7, 11) is 0. The van der Waals surface area contributed by atoms with Gasteiger partial charge in [0.2, 0.25) is 11.8 Å². The van der Waals surface area contributed by atoms with Crippen LogP contribution in [0.4, 0.5) is 8.78 Å². The number of hydrogen-bond donors (Lipinski definition) is 2. The lowest BCUT2D eigenvalue weighted by Gasteiger charge is -2.28. The van der Waals surface area contributed by atoms with Gasteiger partial charge in [-0.1, -0.05) is 6.07 Å². The van der Waals surface area contributed by atoms with Crippen LogP contribution in [0.3, 0.4) is 0 Å². The Labute approximate surface area is 149 Å². The van der Waals surface area contributed by atoms with E-state index in [2.05, 4.69) is 10.6 Å². The smallest absolute Gasteiger partial charge is 0.220 e. The fourth-order valence-electron chi connectivity index (χ4n) is 3.23. The molecule has 0 aliphatic carbocycles. The van der Waals surface area contributed by atoms with Gasteiger partial charge in [0.1, 0.15) is 17.4 Å². The lowest BCUT2D eigenvalue weighted by molar-refractivity contribution is -0.123. The Morgan fingerprint density at radius 2 is 2.15 bits per heavy atom. The first-order valence-corrected chi connectivity index (χ1v) is 8.50. The number of halogens is 2. The van der Waals surface area contributed by atoms with Crippen molar-refractivity contribution in [1.82, 2.24) is 10.6 Å². The molecule has 26 heavy (non-hydrogen) atoms. The monoisotopic (exact) mass is 362 g/mol. The molecule has 0 bridgehead atoms. The van der Waals surface area contributed by atoms with Crippen molar-refractivity contribution in [1.29, 1.82) is 0 Å². The Morgan fingerprint density at radius 3 is 2.81 bits per heavy atom. The second-order valence-electron chi connectivity index (χ2n) is 6.60. The van der Waals surface area contributed by atoms with E-state index in [0.717, 1.165) is 17.9 Å². The molecule has 1 aromatic carbocycles. The predicted molar refractivity (Wildman–Crippen MR) is 90.0 cm³/mol. The maximum atomic E-state index is 13.6. The number of hydrogen-bond acceptors (Lipinski definition) is 3. The summed E-state index contributed by atoms with van der Waals surface area (Å²) >= 11 is 0. The fourth-order valence-corrected chi connectivity index (χ4v) is 3.23. The molecule has 2 heterocycles. The van der Waals surface area contributed by atoms with Crippen molar-refractivity contribution in [2.45, 2.75) is 44.2 Å². The summed E-state index contributed by atoms with van der Waals surface area (Å²) in [5.41, 5.74) is -0.285. The van der Waals surface area contributed by atoms with E-state index in [4.69, 9.17) is 4.42 Å². The van der Waals surface area contributed by atoms with Crippen molar-refractivity contribution in [3.05, 3.63) is 59.6 Å². The van der Waals surface area contributed by atoms with Gasteiger partial charge in [0.15, 0.2) is 0 Å². The number of amides is 2. The van der Waals surface area contributed by atoms with E-state index in [1.54, 1.807) is 12.3 Å². The van der Waals surface area contributed by atoms with Gasteiger partial charge >= 0.3 is 0 Å². The highest BCUT2D eigenvalue weighted by molar-refractivity contribution is 5.80. The molecular weight excluding hydrogens is 342 g/mol. The molecule has 2 amide bonds. The van der Waals surface area contributed by atoms with Gasteiger partial charge in [-0.2, -0.15) is 0 Å². The molecule has 0 unspecified atom stereocenters. The first-order valence-electron chi connectivity index (χ1n) is 8.50. The zero-order valence-electron chi connectivity index (χ0n) is 14.2. The quantitative estimate of drug-likeness (QED) is 0.796. The molecule has 1 fully saturated rings. The molecule has 0 saturated carbocycles. The second kappa shape index (κ2) is 7.68. The number of benzene rings is 1. The second-order valence-corrected chi connectivity index (χ2v) is 6.60. The number of rotatable bonds is 7. The number of nitrogens with one attached hydrogen (secondary N) is 2. The molecular formula is C19H20F2N2O3. The van der Waals surface area contributed by atoms with Crippen molar-refractivity contribution >= 4 is 11.8 Å². The van der Waals surface area contributed by atoms with Gasteiger partial charge in [0.25, 0.3) is 0 Å². The summed E-state index contributed by atoms with van der Waals surface area (Å²) in [6.07, 6.45) is 3.78. The molecule has 2 N–H and O–H groups in total. The van der Waals surface area contributed by atoms with Gasteiger partial charge in [0.05, 0.1) is 6.26 Å². The highest BCUT2D eigenvalue weighted by Crippen LogP contribution is 2.29. The Morgan fingerprint density at radius 1 is 1.31 bits per heavy atom. The maximum absolute atomic E-state index is 13.6. The molecule has 138 valence electrons. The fraction of sp³-hybridized carbons (Fsp3) is 0.368. The summed E-state index contributed by atoms with van der Waals surface area (Å²) in [4.78, 5) is 23.8. The molecule has 2 aromatic rings. The number of carbonyl (C=O) groups excluding carboxylic acids is 2. The highest BCUT2D eigenvalue weighted by atomic mass is 19.1. The molecule has 1 atom stereocenters. The summed E-state index contributed by atoms with van der Waals surface area (Å²) in [6, 6.07) is 6.86. The Hall–Kier alpha value is -2.70. The predicted octanol–water partition coefficient (Wildman–Crippen LogP) is 2.85. The molecule has 5 nitrogen and oxygen atoms in total. The standard InChI is InChI=1S/C19H20F2N2O3/c20-14-4-3-13(16(21)10-14)12-22-17(24)5-7-19(8-6-18(25)23-19)11-15-2-1-9-26-15/h1-4,9-10H,5-8,11-12H2,(H,22,24)(H,23,25)/t19-/m0/s1. The van der Waals surface area contributed by atoms with Crippen LogP contribution >= 0.6 is 0 Å². The van der Waals surface area contributed by atoms with Crippen LogP contribution in [0, 0.1) is 11.6 Å². The van der Waals surface area contributed by atoms with E-state index in [9.17, 15) is 18.4 Å². The van der Waals surface area contributed by atoms with Crippen LogP contribution in [0.15, 0.2) is 41.0 Å². The van der Waals surface area contributed by atoms with Crippen LogP contribution in [0.25, 0.3) is 0 Å². The van der Waals surface area contributed by atoms with E-state index >= 15 is 0 Å². The summed E-state index contributed by atoms with van der Waals surface area (Å²) in [5.74, 6) is -0.892. The van der Waals surface area contributed by atoms with E-state index in [-0.39, 0.29) is 30.3 Å². The molecule has 1 aromatic heterocycles. The average molecular weight is 362 g/mol. The minimum Gasteiger partial charge on any atom is -0.469 e. The van der Waals surface area contributed by atoms with Crippen LogP contribution in [0.2, 0.25) is 0 Å². The minimum absolute atomic E-state index is 0.0114. The van der Waals surface area contributed by atoms with Gasteiger partial charge in [-0.3, -0.25) is 9.59 Å². The van der Waals surface area contributed by atoms with Crippen LogP contribution in [0.5, 0.6) is 0 Å². The largest absolute Gasteiger partial charge is 0.469 e. The average Bonchev–Trinajstić information content (AvgIpc) is 3.23. The summed E-state index contributed by atoms with van der Waals surface area (Å²) in [5, 5.41) is 5.60. The molecule has 1 aliphatic rings. The zero-order valence-corrected chi connectivity index (χ0v) is 14.2. The van der Waals surface area contributed by atoms with Crippen molar-refractivity contribution in [3.8, 4) is 0 Å². The first-order chi connectivity index (χ1) is 12.5. The molecule has 7 heteroatoms. The van der Waals surface area contributed by atoms with E-state index in [1.807, 2.05) is 6.07 Å². The van der Waals surface area contributed by atoms with Crippen molar-refractivity contribution < 1.29 is 22.8 Å². The number of carbonyl (C=O) groups is 2. The molecule has 1 saturated heterocycles. The van der Waals surface area contributed by atoms with Crippen LogP contribution in [0.1, 0.15) is 37.0 Å². The van der Waals surface area contributed by atoms with Gasteiger partial charge in [0, 0.05) is 43.0 Å². The van der Waals surface area contributed by atoms with Crippen molar-refractivity contribution in [3.63, 3.8) is 0 Å². The van der Waals surface area contributed by atoms with E-state index in [0.29, 0.717) is 25.7 Å². The SMILES string of the molecule is O=C(CC[C@@]1(Cc2ccco2)CCC(=O)N1)NCc1ccc(F)cc1F. The number of furan rings is 1. The molecule has 0 spiro atoms. The van der Waals surface area contributed by atoms with E-state index < -0.39 is 17.2 Å². The van der Waals surface area contributed by atoms with Crippen molar-refractivity contribution in [2.24, 2.45) is 0 Å². The first kappa shape index (κ1) is 18.1. The third-order valence-electron chi connectivity index (χ3n) is 4.65. The van der Waals surface area contributed by atoms with Crippen LogP contribution in [-0.2, 0) is 22.6 Å². The van der Waals surface area contributed by atoms with Crippen LogP contribution in [-0.4, -0.2) is 17.4 Å². The maximum Gasteiger partial charge on any atom is 0.220 e. The Balaban J connectivity index is 1.55. The zero-order chi connectivity index (χ0) is 18.6. The summed E-state index contributed by atoms with van der Waals surface area (Å²) < 4.78 is 31.9. The van der Waals surface area contributed by atoms with Crippen molar-refractivity contribution in [2.75, 3.05) is 0 Å². The van der Waals surface area contributed by atoms with Gasteiger partial charge in [-0.05, 0) is 31.0 Å². The molecule has 1 aliphatic heterocycles. The molecule has 3 rings (SSSR count). The molecule has 0 radical (unpaired) electrons. The van der Waals surface area contributed by atoms with Gasteiger partial charge < -0.3 is 15.1 Å². The highest BCUT2D eigenvalue weighted by Gasteiger charge is 2.38.